The molecule has 0 atom stereocenters. The number of H-pyrrole nitrogens is 1. The van der Waals surface area contributed by atoms with Gasteiger partial charge >= 0.3 is 11.9 Å². The van der Waals surface area contributed by atoms with Crippen LogP contribution in [0.3, 0.4) is 0 Å². The fourth-order valence-electron chi connectivity index (χ4n) is 1.60. The van der Waals surface area contributed by atoms with Crippen LogP contribution in [-0.2, 0) is 31.9 Å². The quantitative estimate of drug-likeness (QED) is 0.594. The topological polar surface area (TPSA) is 85.5 Å². The molecule has 0 amide bonds. The van der Waals surface area contributed by atoms with E-state index in [1.807, 2.05) is 0 Å². The molecule has 0 radical (unpaired) electrons. The van der Waals surface area contributed by atoms with Crippen LogP contribution in [0.2, 0.25) is 0 Å². The van der Waals surface area contributed by atoms with E-state index >= 15 is 0 Å². The maximum atomic E-state index is 11.3. The number of methoxy groups -OCH3 is 2. The van der Waals surface area contributed by atoms with E-state index in [-0.39, 0.29) is 18.8 Å². The normalized spacial score (nSPS) is 9.89. The Morgan fingerprint density at radius 1 is 1.28 bits per heavy atom. The highest BCUT2D eigenvalue weighted by Crippen LogP contribution is 2.16. The van der Waals surface area contributed by atoms with Gasteiger partial charge in [0.2, 0.25) is 0 Å². The summed E-state index contributed by atoms with van der Waals surface area (Å²) in [4.78, 5) is 35.9. The SMILES string of the molecule is COC(=O)CCc1c[nH]c(C=O)c1CC(=O)OC. The Labute approximate surface area is 104 Å². The van der Waals surface area contributed by atoms with E-state index in [4.69, 9.17) is 0 Å². The largest absolute Gasteiger partial charge is 0.469 e. The van der Waals surface area contributed by atoms with Gasteiger partial charge in [-0.15, -0.1) is 0 Å². The number of rotatable bonds is 6. The summed E-state index contributed by atoms with van der Waals surface area (Å²) >= 11 is 0. The number of aldehydes is 1. The number of carbonyl (C=O) groups is 3. The summed E-state index contributed by atoms with van der Waals surface area (Å²) in [5.74, 6) is -0.773. The van der Waals surface area contributed by atoms with Gasteiger partial charge in [0, 0.05) is 12.6 Å². The minimum Gasteiger partial charge on any atom is -0.469 e. The molecule has 0 unspecified atom stereocenters. The number of aryl methyl sites for hydroxylation is 1. The summed E-state index contributed by atoms with van der Waals surface area (Å²) in [6.45, 7) is 0. The fourth-order valence-corrected chi connectivity index (χ4v) is 1.60. The van der Waals surface area contributed by atoms with Gasteiger partial charge in [-0.25, -0.2) is 0 Å². The molecule has 18 heavy (non-hydrogen) atoms. The molecular formula is C12H15NO5. The maximum absolute atomic E-state index is 11.3. The van der Waals surface area contributed by atoms with Gasteiger partial charge in [0.25, 0.3) is 0 Å². The second-order valence-electron chi connectivity index (χ2n) is 3.65. The summed E-state index contributed by atoms with van der Waals surface area (Å²) in [6.07, 6.45) is 2.86. The van der Waals surface area contributed by atoms with Crippen LogP contribution in [0.1, 0.15) is 28.0 Å². The van der Waals surface area contributed by atoms with Crippen LogP contribution < -0.4 is 0 Å². The molecule has 1 rings (SSSR count). The minimum atomic E-state index is -0.433. The van der Waals surface area contributed by atoms with Crippen molar-refractivity contribution in [3.63, 3.8) is 0 Å². The number of aromatic amines is 1. The van der Waals surface area contributed by atoms with Crippen LogP contribution in [-0.4, -0.2) is 37.4 Å². The number of hydrogen-bond donors (Lipinski definition) is 1. The van der Waals surface area contributed by atoms with Crippen molar-refractivity contribution in [2.75, 3.05) is 14.2 Å². The van der Waals surface area contributed by atoms with Crippen LogP contribution in [0.4, 0.5) is 0 Å². The molecule has 0 saturated heterocycles. The molecule has 1 N–H and O–H groups in total. The molecule has 1 heterocycles. The van der Waals surface area contributed by atoms with Crippen molar-refractivity contribution in [2.24, 2.45) is 0 Å². The number of carbonyl (C=O) groups excluding carboxylic acids is 3. The van der Waals surface area contributed by atoms with Gasteiger partial charge in [0.1, 0.15) is 0 Å². The second kappa shape index (κ2) is 6.58. The maximum Gasteiger partial charge on any atom is 0.310 e. The van der Waals surface area contributed by atoms with E-state index in [0.29, 0.717) is 24.0 Å². The summed E-state index contributed by atoms with van der Waals surface area (Å²) in [7, 11) is 2.59. The summed E-state index contributed by atoms with van der Waals surface area (Å²) < 4.78 is 9.10. The lowest BCUT2D eigenvalue weighted by Crippen LogP contribution is -2.08. The van der Waals surface area contributed by atoms with Crippen molar-refractivity contribution >= 4 is 18.2 Å². The Morgan fingerprint density at radius 3 is 2.50 bits per heavy atom. The van der Waals surface area contributed by atoms with E-state index < -0.39 is 5.97 Å². The zero-order chi connectivity index (χ0) is 13.5. The van der Waals surface area contributed by atoms with Gasteiger partial charge in [-0.2, -0.15) is 0 Å². The first-order chi connectivity index (χ1) is 8.62. The molecule has 0 bridgehead atoms. The van der Waals surface area contributed by atoms with E-state index in [9.17, 15) is 14.4 Å². The molecule has 0 aliphatic rings. The van der Waals surface area contributed by atoms with Crippen LogP contribution in [0.5, 0.6) is 0 Å². The zero-order valence-corrected chi connectivity index (χ0v) is 10.3. The molecule has 6 heteroatoms. The van der Waals surface area contributed by atoms with Gasteiger partial charge in [-0.05, 0) is 17.5 Å². The molecule has 0 aliphatic heterocycles. The molecule has 1 aromatic rings. The van der Waals surface area contributed by atoms with E-state index in [2.05, 4.69) is 14.5 Å². The molecule has 0 aliphatic carbocycles. The van der Waals surface area contributed by atoms with Crippen molar-refractivity contribution in [1.29, 1.82) is 0 Å². The Morgan fingerprint density at radius 2 is 1.94 bits per heavy atom. The lowest BCUT2D eigenvalue weighted by molar-refractivity contribution is -0.140. The summed E-state index contributed by atoms with van der Waals surface area (Å²) in [5.41, 5.74) is 1.65. The highest BCUT2D eigenvalue weighted by atomic mass is 16.5. The second-order valence-corrected chi connectivity index (χ2v) is 3.65. The average Bonchev–Trinajstić information content (AvgIpc) is 2.77. The van der Waals surface area contributed by atoms with Gasteiger partial charge in [-0.3, -0.25) is 14.4 Å². The standard InChI is InChI=1S/C12H15NO5/c1-17-11(15)4-3-8-6-13-10(7-14)9(8)5-12(16)18-2/h6-7,13H,3-5H2,1-2H3. The van der Waals surface area contributed by atoms with Crippen molar-refractivity contribution in [2.45, 2.75) is 19.3 Å². The average molecular weight is 253 g/mol. The van der Waals surface area contributed by atoms with Crippen molar-refractivity contribution in [3.8, 4) is 0 Å². The Bertz CT molecular complexity index is 449. The van der Waals surface area contributed by atoms with E-state index in [1.165, 1.54) is 14.2 Å². The van der Waals surface area contributed by atoms with Gasteiger partial charge in [0.15, 0.2) is 6.29 Å². The molecule has 98 valence electrons. The molecule has 6 nitrogen and oxygen atoms in total. The molecule has 0 aromatic carbocycles. The number of esters is 2. The van der Waals surface area contributed by atoms with Crippen LogP contribution in [0.25, 0.3) is 0 Å². The first-order valence-corrected chi connectivity index (χ1v) is 5.40. The highest BCUT2D eigenvalue weighted by molar-refractivity contribution is 5.81. The fraction of sp³-hybridized carbons (Fsp3) is 0.417. The third-order valence-corrected chi connectivity index (χ3v) is 2.61. The Kier molecular flexibility index (Phi) is 5.10. The number of ether oxygens (including phenoxy) is 2. The molecular weight excluding hydrogens is 238 g/mol. The minimum absolute atomic E-state index is 0.00454. The van der Waals surface area contributed by atoms with Gasteiger partial charge < -0.3 is 14.5 Å². The first-order valence-electron chi connectivity index (χ1n) is 5.40. The van der Waals surface area contributed by atoms with Crippen LogP contribution in [0.15, 0.2) is 6.20 Å². The molecule has 0 spiro atoms. The molecule has 0 fully saturated rings. The van der Waals surface area contributed by atoms with E-state index in [0.717, 1.165) is 5.56 Å². The monoisotopic (exact) mass is 253 g/mol. The third-order valence-electron chi connectivity index (χ3n) is 2.61. The lowest BCUT2D eigenvalue weighted by Gasteiger charge is -2.03. The van der Waals surface area contributed by atoms with Crippen molar-refractivity contribution in [1.82, 2.24) is 4.98 Å². The van der Waals surface area contributed by atoms with E-state index in [1.54, 1.807) is 6.20 Å². The number of hydrogen-bond acceptors (Lipinski definition) is 5. The lowest BCUT2D eigenvalue weighted by atomic mass is 10.0. The predicted octanol–water partition coefficient (Wildman–Crippen LogP) is 0.648. The van der Waals surface area contributed by atoms with Gasteiger partial charge in [0.05, 0.1) is 26.3 Å². The number of aromatic nitrogens is 1. The van der Waals surface area contributed by atoms with Gasteiger partial charge in [-0.1, -0.05) is 0 Å². The Hall–Kier alpha value is -2.11. The molecule has 0 saturated carbocycles. The predicted molar refractivity (Wildman–Crippen MR) is 62.2 cm³/mol. The van der Waals surface area contributed by atoms with Crippen molar-refractivity contribution < 1.29 is 23.9 Å². The smallest absolute Gasteiger partial charge is 0.310 e. The van der Waals surface area contributed by atoms with Crippen LogP contribution >= 0.6 is 0 Å². The Balaban J connectivity index is 2.83. The molecule has 1 aromatic heterocycles. The zero-order valence-electron chi connectivity index (χ0n) is 10.3. The van der Waals surface area contributed by atoms with Crippen molar-refractivity contribution in [3.05, 3.63) is 23.0 Å². The summed E-state index contributed by atoms with van der Waals surface area (Å²) in [5, 5.41) is 0. The van der Waals surface area contributed by atoms with Crippen LogP contribution in [0, 0.1) is 0 Å². The highest BCUT2D eigenvalue weighted by Gasteiger charge is 2.15. The third kappa shape index (κ3) is 3.44. The first kappa shape index (κ1) is 14.0. The summed E-state index contributed by atoms with van der Waals surface area (Å²) in [6, 6.07) is 0. The number of nitrogens with one attached hydrogen (secondary N) is 1.